The number of nitrogens with zero attached hydrogens (tertiary/aromatic N) is 10. The zero-order chi connectivity index (χ0) is 54.0. The molecule has 4 N–H and O–H groups in total. The molecular weight excluding hydrogens is 1320 g/mol. The average Bonchev–Trinajstić information content (AvgIpc) is 2.66. The van der Waals surface area contributed by atoms with Crippen LogP contribution in [0.2, 0.25) is 0 Å². The standard InChI is InChI=1S/C66H76N10O4.4BrH/c1-65-19-17-51-53(59(65)13-15-61(65)77)11-9-49-55(51)29-43-31-69-21-23-71(39-69)33-45-5-3-6-46(67-45)34-72-24-22-70(40-72)32-44-30-56-50(10-12-54-52(56)18-20-66(2)60(54)14-16-62(66)78)58(64(44)80)38-76-28-26-74(42-76)36-48-8-4-7-47(68-48)35-73-25-27-75(41-73)37-57(49)63(43)79;;;;/h3-8,21-30,39-42,51-54,59-62,77-78H,9-20,31-38H2,1-2H3;4*1H/q+2;;;;/p-2/t51-,52-,53+,54+,59-,60-,61-,62-,65-,66-;;;;/m0..../s1. The second-order valence-corrected chi connectivity index (χ2v) is 26.2. The smallest absolute Gasteiger partial charge is 0.244 e. The van der Waals surface area contributed by atoms with E-state index in [9.17, 15) is 20.4 Å². The van der Waals surface area contributed by atoms with Crippen LogP contribution in [0, 0.1) is 34.5 Å². The van der Waals surface area contributed by atoms with E-state index in [1.54, 1.807) is 0 Å². The third-order valence-corrected chi connectivity index (χ3v) is 21.8. The van der Waals surface area contributed by atoms with Crippen LogP contribution in [0.1, 0.15) is 157 Å². The summed E-state index contributed by atoms with van der Waals surface area (Å²) in [5.41, 5.74) is 13.3. The number of aliphatic hydroxyl groups excluding tert-OH is 2. The van der Waals surface area contributed by atoms with Crippen LogP contribution >= 0.6 is 0 Å². The molecule has 7 aliphatic rings. The van der Waals surface area contributed by atoms with Crippen molar-refractivity contribution in [2.45, 2.75) is 167 Å². The summed E-state index contributed by atoms with van der Waals surface area (Å²) in [6.07, 6.45) is 37.4. The topological polar surface area (TPSA) is 142 Å². The SMILES string of the molecule is C[C@]12CC[C@@H]3c4cc5c(O)c(c4CC[C@H]3[C@@H]1CC[C@@H]2O)C[n+]1ccn(c1)Cc1cccc(n1)Cn1cc[n+](c1)Cc1c(O)c(cc2c1CC[C@@H]1[C@@H]2CC[C@]2(C)[C@@H](O)CC[C@@H]12)C[n+]1ccn(c1)Cc1cccc(n1)Cn1cc[n+](c1)C5.[Br-].[Br-].[Br-].[Br-]. The van der Waals surface area contributed by atoms with Gasteiger partial charge in [-0.1, -0.05) is 26.0 Å². The van der Waals surface area contributed by atoms with E-state index in [0.717, 1.165) is 122 Å². The minimum absolute atomic E-state index is 0. The number of phenols is 2. The molecule has 0 saturated heterocycles. The van der Waals surface area contributed by atoms with Gasteiger partial charge in [0.1, 0.15) is 113 Å². The fourth-order valence-corrected chi connectivity index (χ4v) is 17.7. The minimum atomic E-state index is -0.214. The number of aromatic hydroxyl groups is 2. The van der Waals surface area contributed by atoms with Crippen molar-refractivity contribution in [3.63, 3.8) is 0 Å². The average molecular weight is 1400 g/mol. The zero-order valence-electron chi connectivity index (χ0n) is 48.1. The van der Waals surface area contributed by atoms with Crippen LogP contribution in [0.3, 0.4) is 0 Å². The van der Waals surface area contributed by atoms with Crippen LogP contribution in [-0.2, 0) is 65.2 Å². The van der Waals surface area contributed by atoms with E-state index in [4.69, 9.17) is 9.97 Å². The molecule has 10 atom stereocenters. The molecule has 7 heterocycles. The van der Waals surface area contributed by atoms with E-state index < -0.39 is 0 Å². The summed E-state index contributed by atoms with van der Waals surface area (Å²) in [7, 11) is 0. The van der Waals surface area contributed by atoms with Gasteiger partial charge in [-0.3, -0.25) is 0 Å². The third-order valence-electron chi connectivity index (χ3n) is 21.8. The van der Waals surface area contributed by atoms with Crippen molar-refractivity contribution in [3.05, 3.63) is 191 Å². The Kier molecular flexibility index (Phi) is 17.3. The highest BCUT2D eigenvalue weighted by Crippen LogP contribution is 2.63. The van der Waals surface area contributed by atoms with Gasteiger partial charge in [0.2, 0.25) is 25.3 Å². The first-order valence-electron chi connectivity index (χ1n) is 30.1. The van der Waals surface area contributed by atoms with Crippen LogP contribution in [0.5, 0.6) is 11.5 Å². The molecule has 444 valence electrons. The number of rotatable bonds is 0. The predicted octanol–water partition coefficient (Wildman–Crippen LogP) is -4.61. The second-order valence-electron chi connectivity index (χ2n) is 26.2. The Balaban J connectivity index is 0.00000184. The molecule has 6 aliphatic carbocycles. The lowest BCUT2D eigenvalue weighted by Crippen LogP contribution is -3.00. The quantitative estimate of drug-likeness (QED) is 0.113. The minimum Gasteiger partial charge on any atom is -1.00 e. The van der Waals surface area contributed by atoms with Gasteiger partial charge in [0, 0.05) is 22.3 Å². The predicted molar refractivity (Wildman–Crippen MR) is 297 cm³/mol. The molecule has 0 amide bonds. The Morgan fingerprint density at radius 3 is 1.15 bits per heavy atom. The van der Waals surface area contributed by atoms with Gasteiger partial charge < -0.3 is 88.4 Å². The largest absolute Gasteiger partial charge is 1.00 e. The molecule has 2 aromatic carbocycles. The first-order valence-corrected chi connectivity index (χ1v) is 30.1. The maximum absolute atomic E-state index is 12.5. The molecule has 8 aromatic rings. The number of aliphatic hydroxyl groups is 2. The lowest BCUT2D eigenvalue weighted by atomic mass is 9.55. The van der Waals surface area contributed by atoms with E-state index in [1.807, 2.05) is 0 Å². The van der Waals surface area contributed by atoms with E-state index in [1.165, 1.54) is 22.3 Å². The van der Waals surface area contributed by atoms with Gasteiger partial charge in [0.25, 0.3) is 0 Å². The normalized spacial score (nSPS) is 27.6. The number of hydrogen-bond donors (Lipinski definition) is 4. The van der Waals surface area contributed by atoms with E-state index in [2.05, 4.69) is 174 Å². The highest BCUT2D eigenvalue weighted by atomic mass is 79.9. The highest BCUT2D eigenvalue weighted by molar-refractivity contribution is 5.53. The summed E-state index contributed by atoms with van der Waals surface area (Å²) >= 11 is 0. The van der Waals surface area contributed by atoms with Gasteiger partial charge in [-0.25, -0.2) is 46.5 Å². The van der Waals surface area contributed by atoms with Crippen molar-refractivity contribution in [1.29, 1.82) is 0 Å². The molecule has 15 rings (SSSR count). The van der Waals surface area contributed by atoms with Crippen LogP contribution in [0.4, 0.5) is 0 Å². The van der Waals surface area contributed by atoms with E-state index in [-0.39, 0.29) is 91.0 Å². The number of hydrogen-bond acceptors (Lipinski definition) is 6. The molecule has 6 aromatic heterocycles. The Labute approximate surface area is 535 Å². The van der Waals surface area contributed by atoms with Crippen molar-refractivity contribution in [3.8, 4) is 11.5 Å². The molecule has 1 aliphatic heterocycles. The molecule has 84 heavy (non-hydrogen) atoms. The fraction of sp³-hybridized carbons (Fsp3) is 0.485. The lowest BCUT2D eigenvalue weighted by molar-refractivity contribution is -0.689. The molecule has 18 heteroatoms. The maximum atomic E-state index is 12.5. The van der Waals surface area contributed by atoms with Gasteiger partial charge in [-0.05, 0) is 182 Å². The zero-order valence-corrected chi connectivity index (χ0v) is 54.4. The highest BCUT2D eigenvalue weighted by Gasteiger charge is 2.56. The van der Waals surface area contributed by atoms with Crippen molar-refractivity contribution >= 4 is 0 Å². The summed E-state index contributed by atoms with van der Waals surface area (Å²) in [5, 5.41) is 47.4. The monoisotopic (exact) mass is 1390 g/mol. The molecule has 14 nitrogen and oxygen atoms in total. The molecule has 0 radical (unpaired) electrons. The number of benzene rings is 2. The Morgan fingerprint density at radius 2 is 0.798 bits per heavy atom. The van der Waals surface area contributed by atoms with Crippen LogP contribution in [-0.4, -0.2) is 60.9 Å². The summed E-state index contributed by atoms with van der Waals surface area (Å²) < 4.78 is 17.6. The number of imidazole rings is 4. The molecular formula is C66H78Br4N10O4. The fourth-order valence-electron chi connectivity index (χ4n) is 17.7. The van der Waals surface area contributed by atoms with E-state index >= 15 is 0 Å². The maximum Gasteiger partial charge on any atom is 0.244 e. The van der Waals surface area contributed by atoms with Crippen molar-refractivity contribution in [2.75, 3.05) is 0 Å². The van der Waals surface area contributed by atoms with Gasteiger partial charge >= 0.3 is 0 Å². The molecule has 0 unspecified atom stereocenters. The number of aromatic nitrogens is 10. The molecule has 4 saturated carbocycles. The van der Waals surface area contributed by atoms with Gasteiger partial charge in [-0.15, -0.1) is 0 Å². The molecule has 4 fully saturated rings. The first-order chi connectivity index (χ1) is 38.9. The lowest BCUT2D eigenvalue weighted by Gasteiger charge is -2.50. The van der Waals surface area contributed by atoms with Gasteiger partial charge in [0.15, 0.2) is 0 Å². The summed E-state index contributed by atoms with van der Waals surface area (Å²) in [6, 6.07) is 17.3. The van der Waals surface area contributed by atoms with Crippen LogP contribution in [0.15, 0.2) is 123 Å². The number of phenolic OH excluding ortho intramolecular Hbond substituents is 2. The van der Waals surface area contributed by atoms with Gasteiger partial charge in [-0.2, -0.15) is 0 Å². The second kappa shape index (κ2) is 23.9. The van der Waals surface area contributed by atoms with Crippen molar-refractivity contribution in [1.82, 2.24) is 28.2 Å². The van der Waals surface area contributed by atoms with Crippen LogP contribution < -0.4 is 86.2 Å². The van der Waals surface area contributed by atoms with E-state index in [0.29, 0.717) is 99.4 Å². The van der Waals surface area contributed by atoms with Crippen molar-refractivity contribution < 1.29 is 107 Å². The number of pyridine rings is 2. The van der Waals surface area contributed by atoms with Gasteiger partial charge in [0.05, 0.1) is 35.0 Å². The number of halogens is 4. The number of fused-ring (bicyclic) bond motifs is 28. The Hall–Kier alpha value is -4.98. The van der Waals surface area contributed by atoms with Crippen LogP contribution in [0.25, 0.3) is 0 Å². The molecule has 0 spiro atoms. The molecule has 16 bridgehead atoms. The Bertz CT molecular complexity index is 3480. The first kappa shape index (κ1) is 60.7. The summed E-state index contributed by atoms with van der Waals surface area (Å²) in [5.74, 6) is 3.76. The summed E-state index contributed by atoms with van der Waals surface area (Å²) in [6.45, 7) is 9.39. The third kappa shape index (κ3) is 10.8. The van der Waals surface area contributed by atoms with Crippen molar-refractivity contribution in [2.24, 2.45) is 34.5 Å². The Morgan fingerprint density at radius 1 is 0.452 bits per heavy atom. The summed E-state index contributed by atoms with van der Waals surface area (Å²) in [4.78, 5) is 10.4.